The highest BCUT2D eigenvalue weighted by atomic mass is 16.5. The van der Waals surface area contributed by atoms with E-state index in [1.54, 1.807) is 18.3 Å². The lowest BCUT2D eigenvalue weighted by Crippen LogP contribution is -2.38. The molecule has 1 fully saturated rings. The van der Waals surface area contributed by atoms with Crippen molar-refractivity contribution in [1.82, 2.24) is 10.3 Å². The summed E-state index contributed by atoms with van der Waals surface area (Å²) in [6.45, 7) is 2.93. The molecule has 0 amide bonds. The molecule has 19 heavy (non-hydrogen) atoms. The number of nitrogens with one attached hydrogen (secondary N) is 1. The monoisotopic (exact) mass is 263 g/mol. The van der Waals surface area contributed by atoms with Gasteiger partial charge in [0.15, 0.2) is 0 Å². The van der Waals surface area contributed by atoms with E-state index in [1.807, 2.05) is 7.05 Å². The summed E-state index contributed by atoms with van der Waals surface area (Å²) in [6, 6.07) is 3.54. The number of hydrogen-bond acceptors (Lipinski definition) is 5. The normalized spacial score (nSPS) is 16.4. The first kappa shape index (κ1) is 13.8. The number of rotatable bonds is 4. The van der Waals surface area contributed by atoms with Gasteiger partial charge in [-0.2, -0.15) is 0 Å². The minimum absolute atomic E-state index is 0.319. The van der Waals surface area contributed by atoms with Crippen molar-refractivity contribution < 1.29 is 9.53 Å². The largest absolute Gasteiger partial charge is 0.465 e. The number of anilines is 1. The van der Waals surface area contributed by atoms with Gasteiger partial charge in [0, 0.05) is 19.3 Å². The van der Waals surface area contributed by atoms with E-state index in [2.05, 4.69) is 15.2 Å². The molecular formula is C14H21N3O2. The maximum Gasteiger partial charge on any atom is 0.341 e. The van der Waals surface area contributed by atoms with Crippen LogP contribution in [0.2, 0.25) is 0 Å². The average molecular weight is 263 g/mol. The number of nitrogens with zero attached hydrogens (tertiary/aromatic N) is 2. The predicted octanol–water partition coefficient (Wildman–Crippen LogP) is 1.30. The minimum Gasteiger partial charge on any atom is -0.465 e. The highest BCUT2D eigenvalue weighted by Gasteiger charge is 2.23. The van der Waals surface area contributed by atoms with Crippen LogP contribution in [-0.4, -0.2) is 44.7 Å². The fourth-order valence-electron chi connectivity index (χ4n) is 2.56. The summed E-state index contributed by atoms with van der Waals surface area (Å²) in [5.41, 5.74) is 0.553. The SMILES string of the molecule is CNCC1CCN(c2ncccc2C(=O)OC)CC1. The Kier molecular flexibility index (Phi) is 4.74. The molecule has 0 bridgehead atoms. The number of piperidine rings is 1. The zero-order valence-electron chi connectivity index (χ0n) is 11.6. The molecular weight excluding hydrogens is 242 g/mol. The number of methoxy groups -OCH3 is 1. The van der Waals surface area contributed by atoms with Gasteiger partial charge >= 0.3 is 5.97 Å². The van der Waals surface area contributed by atoms with E-state index in [-0.39, 0.29) is 5.97 Å². The Hall–Kier alpha value is -1.62. The lowest BCUT2D eigenvalue weighted by Gasteiger charge is -2.33. The van der Waals surface area contributed by atoms with Gasteiger partial charge < -0.3 is 15.0 Å². The topological polar surface area (TPSA) is 54.5 Å². The molecule has 0 atom stereocenters. The van der Waals surface area contributed by atoms with Crippen molar-refractivity contribution >= 4 is 11.8 Å². The van der Waals surface area contributed by atoms with Crippen LogP contribution >= 0.6 is 0 Å². The average Bonchev–Trinajstić information content (AvgIpc) is 2.47. The first-order chi connectivity index (χ1) is 9.26. The molecule has 1 saturated heterocycles. The number of aromatic nitrogens is 1. The minimum atomic E-state index is -0.319. The van der Waals surface area contributed by atoms with Gasteiger partial charge in [0.1, 0.15) is 11.4 Å². The molecule has 1 aromatic rings. The Balaban J connectivity index is 2.09. The highest BCUT2D eigenvalue weighted by Crippen LogP contribution is 2.24. The first-order valence-corrected chi connectivity index (χ1v) is 6.69. The van der Waals surface area contributed by atoms with E-state index in [0.29, 0.717) is 11.5 Å². The van der Waals surface area contributed by atoms with Crippen molar-refractivity contribution in [2.75, 3.05) is 38.7 Å². The first-order valence-electron chi connectivity index (χ1n) is 6.69. The summed E-state index contributed by atoms with van der Waals surface area (Å²) >= 11 is 0. The molecule has 0 spiro atoms. The molecule has 5 nitrogen and oxygen atoms in total. The number of ether oxygens (including phenoxy) is 1. The highest BCUT2D eigenvalue weighted by molar-refractivity contribution is 5.94. The second-order valence-electron chi connectivity index (χ2n) is 4.85. The van der Waals surface area contributed by atoms with Gasteiger partial charge in [0.05, 0.1) is 7.11 Å². The third-order valence-corrected chi connectivity index (χ3v) is 3.60. The smallest absolute Gasteiger partial charge is 0.341 e. The fraction of sp³-hybridized carbons (Fsp3) is 0.571. The number of pyridine rings is 1. The lowest BCUT2D eigenvalue weighted by atomic mass is 9.96. The van der Waals surface area contributed by atoms with Crippen LogP contribution in [0, 0.1) is 5.92 Å². The van der Waals surface area contributed by atoms with Gasteiger partial charge in [0.2, 0.25) is 0 Å². The van der Waals surface area contributed by atoms with Gasteiger partial charge in [-0.3, -0.25) is 0 Å². The van der Waals surface area contributed by atoms with E-state index >= 15 is 0 Å². The number of carbonyl (C=O) groups excluding carboxylic acids is 1. The molecule has 1 aromatic heterocycles. The Morgan fingerprint density at radius 1 is 1.53 bits per heavy atom. The Labute approximate surface area is 114 Å². The van der Waals surface area contributed by atoms with E-state index in [4.69, 9.17) is 4.74 Å². The van der Waals surface area contributed by atoms with Crippen molar-refractivity contribution in [2.24, 2.45) is 5.92 Å². The molecule has 2 rings (SSSR count). The number of esters is 1. The van der Waals surface area contributed by atoms with Crippen LogP contribution in [-0.2, 0) is 4.74 Å². The van der Waals surface area contributed by atoms with Gasteiger partial charge in [-0.15, -0.1) is 0 Å². The van der Waals surface area contributed by atoms with Gasteiger partial charge in [-0.1, -0.05) is 0 Å². The summed E-state index contributed by atoms with van der Waals surface area (Å²) in [7, 11) is 3.39. The quantitative estimate of drug-likeness (QED) is 0.830. The molecule has 0 aromatic carbocycles. The molecule has 0 aliphatic carbocycles. The van der Waals surface area contributed by atoms with Crippen LogP contribution in [0.25, 0.3) is 0 Å². The van der Waals surface area contributed by atoms with Crippen molar-refractivity contribution in [2.45, 2.75) is 12.8 Å². The second kappa shape index (κ2) is 6.52. The maximum absolute atomic E-state index is 11.7. The standard InChI is InChI=1S/C14H21N3O2/c1-15-10-11-5-8-17(9-6-11)13-12(14(18)19-2)4-3-7-16-13/h3-4,7,11,15H,5-6,8-10H2,1-2H3. The number of hydrogen-bond donors (Lipinski definition) is 1. The summed E-state index contributed by atoms with van der Waals surface area (Å²) in [4.78, 5) is 18.3. The molecule has 1 N–H and O–H groups in total. The van der Waals surface area contributed by atoms with Crippen molar-refractivity contribution in [1.29, 1.82) is 0 Å². The molecule has 104 valence electrons. The van der Waals surface area contributed by atoms with Crippen LogP contribution in [0.4, 0.5) is 5.82 Å². The van der Waals surface area contributed by atoms with Crippen molar-refractivity contribution in [3.05, 3.63) is 23.9 Å². The second-order valence-corrected chi connectivity index (χ2v) is 4.85. The summed E-state index contributed by atoms with van der Waals surface area (Å²) in [5.74, 6) is 1.14. The van der Waals surface area contributed by atoms with Crippen molar-refractivity contribution in [3.63, 3.8) is 0 Å². The van der Waals surface area contributed by atoms with Gasteiger partial charge in [-0.25, -0.2) is 9.78 Å². The van der Waals surface area contributed by atoms with Crippen LogP contribution in [0.15, 0.2) is 18.3 Å². The Bertz CT molecular complexity index is 428. The van der Waals surface area contributed by atoms with E-state index < -0.39 is 0 Å². The van der Waals surface area contributed by atoms with Gasteiger partial charge in [0.25, 0.3) is 0 Å². The number of carbonyl (C=O) groups is 1. The molecule has 1 aliphatic rings. The van der Waals surface area contributed by atoms with E-state index in [0.717, 1.165) is 38.3 Å². The molecule has 0 unspecified atom stereocenters. The molecule has 0 radical (unpaired) electrons. The van der Waals surface area contributed by atoms with Crippen LogP contribution in [0.5, 0.6) is 0 Å². The van der Waals surface area contributed by atoms with Gasteiger partial charge in [-0.05, 0) is 44.5 Å². The zero-order chi connectivity index (χ0) is 13.7. The van der Waals surface area contributed by atoms with Crippen LogP contribution in [0.3, 0.4) is 0 Å². The summed E-state index contributed by atoms with van der Waals surface area (Å²) in [5, 5.41) is 3.22. The van der Waals surface area contributed by atoms with E-state index in [9.17, 15) is 4.79 Å². The molecule has 2 heterocycles. The van der Waals surface area contributed by atoms with Crippen LogP contribution < -0.4 is 10.2 Å². The Morgan fingerprint density at radius 3 is 2.89 bits per heavy atom. The van der Waals surface area contributed by atoms with E-state index in [1.165, 1.54) is 7.11 Å². The predicted molar refractivity (Wildman–Crippen MR) is 74.4 cm³/mol. The molecule has 1 aliphatic heterocycles. The lowest BCUT2D eigenvalue weighted by molar-refractivity contribution is 0.0601. The summed E-state index contributed by atoms with van der Waals surface area (Å²) < 4.78 is 4.81. The van der Waals surface area contributed by atoms with Crippen LogP contribution in [0.1, 0.15) is 23.2 Å². The maximum atomic E-state index is 11.7. The molecule has 0 saturated carbocycles. The Morgan fingerprint density at radius 2 is 2.26 bits per heavy atom. The fourth-order valence-corrected chi connectivity index (χ4v) is 2.56. The third kappa shape index (κ3) is 3.23. The third-order valence-electron chi connectivity index (χ3n) is 3.60. The zero-order valence-corrected chi connectivity index (χ0v) is 11.6. The summed E-state index contributed by atoms with van der Waals surface area (Å²) in [6.07, 6.45) is 3.97. The molecule has 5 heteroatoms. The van der Waals surface area contributed by atoms with Crippen molar-refractivity contribution in [3.8, 4) is 0 Å².